The molecule has 158 valence electrons. The highest BCUT2D eigenvalue weighted by Crippen LogP contribution is 2.23. The van der Waals surface area contributed by atoms with Crippen LogP contribution in [-0.2, 0) is 42.9 Å². The molecule has 0 unspecified atom stereocenters. The fourth-order valence-corrected chi connectivity index (χ4v) is 2.55. The first-order valence-corrected chi connectivity index (χ1v) is 8.38. The van der Waals surface area contributed by atoms with Crippen LogP contribution in [0.15, 0.2) is 0 Å². The van der Waals surface area contributed by atoms with E-state index in [1.165, 1.54) is 6.92 Å². The normalized spacial score (nSPS) is 25.1. The Morgan fingerprint density at radius 2 is 1.64 bits per heavy atom. The SMILES string of the molecule is CC(=O)OC[C@H]1OC[C@H](NC(=O)C[C@H](N)C(=O)O)[C@@H](OC(C)=O)[C@@H]1OC(C)=O. The summed E-state index contributed by atoms with van der Waals surface area (Å²) < 4.78 is 20.8. The zero-order chi connectivity index (χ0) is 21.4. The monoisotopic (exact) mass is 404 g/mol. The molecule has 0 saturated carbocycles. The van der Waals surface area contributed by atoms with Crippen molar-refractivity contribution >= 4 is 29.8 Å². The molecule has 0 spiro atoms. The van der Waals surface area contributed by atoms with Crippen molar-refractivity contribution in [3.05, 3.63) is 0 Å². The van der Waals surface area contributed by atoms with Crippen LogP contribution in [0.25, 0.3) is 0 Å². The summed E-state index contributed by atoms with van der Waals surface area (Å²) in [4.78, 5) is 56.9. The third kappa shape index (κ3) is 7.48. The van der Waals surface area contributed by atoms with Crippen LogP contribution in [0.1, 0.15) is 27.2 Å². The van der Waals surface area contributed by atoms with E-state index in [2.05, 4.69) is 5.32 Å². The van der Waals surface area contributed by atoms with Crippen LogP contribution >= 0.6 is 0 Å². The molecule has 1 saturated heterocycles. The third-order valence-corrected chi connectivity index (χ3v) is 3.70. The van der Waals surface area contributed by atoms with E-state index in [1.807, 2.05) is 0 Å². The van der Waals surface area contributed by atoms with Gasteiger partial charge in [0.25, 0.3) is 0 Å². The largest absolute Gasteiger partial charge is 0.480 e. The van der Waals surface area contributed by atoms with Gasteiger partial charge in [0, 0.05) is 20.8 Å². The maximum Gasteiger partial charge on any atom is 0.321 e. The van der Waals surface area contributed by atoms with Gasteiger partial charge in [-0.25, -0.2) is 0 Å². The van der Waals surface area contributed by atoms with Crippen molar-refractivity contribution in [2.75, 3.05) is 13.2 Å². The van der Waals surface area contributed by atoms with Crippen molar-refractivity contribution < 1.29 is 48.0 Å². The molecule has 1 fully saturated rings. The molecule has 28 heavy (non-hydrogen) atoms. The molecule has 1 aliphatic rings. The van der Waals surface area contributed by atoms with Crippen molar-refractivity contribution in [3.63, 3.8) is 0 Å². The van der Waals surface area contributed by atoms with E-state index in [0.717, 1.165) is 13.8 Å². The van der Waals surface area contributed by atoms with Gasteiger partial charge in [0.2, 0.25) is 5.91 Å². The first-order valence-electron chi connectivity index (χ1n) is 8.38. The van der Waals surface area contributed by atoms with Crippen LogP contribution in [0.2, 0.25) is 0 Å². The average Bonchev–Trinajstić information content (AvgIpc) is 2.55. The van der Waals surface area contributed by atoms with Gasteiger partial charge in [-0.2, -0.15) is 0 Å². The Hall–Kier alpha value is -2.73. The van der Waals surface area contributed by atoms with Crippen molar-refractivity contribution in [1.29, 1.82) is 0 Å². The quantitative estimate of drug-likeness (QED) is 0.303. The third-order valence-electron chi connectivity index (χ3n) is 3.70. The second-order valence-corrected chi connectivity index (χ2v) is 6.15. The molecule has 1 heterocycles. The van der Waals surface area contributed by atoms with E-state index in [0.29, 0.717) is 0 Å². The smallest absolute Gasteiger partial charge is 0.321 e. The van der Waals surface area contributed by atoms with E-state index < -0.39 is 66.6 Å². The molecule has 0 radical (unpaired) electrons. The molecule has 12 heteroatoms. The fourth-order valence-electron chi connectivity index (χ4n) is 2.55. The number of rotatable bonds is 8. The number of hydrogen-bond acceptors (Lipinski definition) is 10. The van der Waals surface area contributed by atoms with Gasteiger partial charge >= 0.3 is 23.9 Å². The molecule has 0 aliphatic carbocycles. The molecule has 1 aliphatic heterocycles. The zero-order valence-corrected chi connectivity index (χ0v) is 15.7. The van der Waals surface area contributed by atoms with Crippen molar-refractivity contribution in [2.45, 2.75) is 57.6 Å². The van der Waals surface area contributed by atoms with Crippen molar-refractivity contribution in [2.24, 2.45) is 5.73 Å². The maximum atomic E-state index is 12.1. The number of carbonyl (C=O) groups is 5. The summed E-state index contributed by atoms with van der Waals surface area (Å²) in [6.07, 6.45) is -3.78. The lowest BCUT2D eigenvalue weighted by Crippen LogP contribution is -2.62. The lowest BCUT2D eigenvalue weighted by atomic mass is 9.97. The van der Waals surface area contributed by atoms with Gasteiger partial charge in [-0.1, -0.05) is 0 Å². The van der Waals surface area contributed by atoms with Gasteiger partial charge in [-0.3, -0.25) is 24.0 Å². The number of amides is 1. The molecular weight excluding hydrogens is 380 g/mol. The van der Waals surface area contributed by atoms with Gasteiger partial charge in [-0.05, 0) is 0 Å². The van der Waals surface area contributed by atoms with Crippen LogP contribution in [0.5, 0.6) is 0 Å². The standard InChI is InChI=1S/C16H24N2O10/c1-7(19)25-6-12-15(28-9(3)21)14(27-8(2)20)11(5-26-12)18-13(22)4-10(17)16(23)24/h10-12,14-15H,4-6,17H2,1-3H3,(H,18,22)(H,23,24)/t10-,11-,12+,14+,15+/m0/s1. The minimum absolute atomic E-state index is 0.171. The minimum Gasteiger partial charge on any atom is -0.480 e. The first-order chi connectivity index (χ1) is 13.0. The van der Waals surface area contributed by atoms with Crippen LogP contribution < -0.4 is 11.1 Å². The number of nitrogens with two attached hydrogens (primary N) is 1. The Kier molecular flexibility index (Phi) is 8.79. The molecule has 0 aromatic heterocycles. The summed E-state index contributed by atoms with van der Waals surface area (Å²) in [5, 5.41) is 11.3. The van der Waals surface area contributed by atoms with Gasteiger partial charge in [0.1, 0.15) is 18.8 Å². The Morgan fingerprint density at radius 3 is 2.14 bits per heavy atom. The highest BCUT2D eigenvalue weighted by atomic mass is 16.6. The second kappa shape index (κ2) is 10.6. The summed E-state index contributed by atoms with van der Waals surface area (Å²) in [5.74, 6) is -4.09. The van der Waals surface area contributed by atoms with Crippen molar-refractivity contribution in [3.8, 4) is 0 Å². The summed E-state index contributed by atoms with van der Waals surface area (Å²) in [7, 11) is 0. The number of hydrogen-bond donors (Lipinski definition) is 3. The number of aliphatic carboxylic acids is 1. The van der Waals surface area contributed by atoms with Crippen LogP contribution in [0.4, 0.5) is 0 Å². The summed E-state index contributed by atoms with van der Waals surface area (Å²) in [6, 6.07) is -2.37. The Morgan fingerprint density at radius 1 is 1.07 bits per heavy atom. The molecule has 1 rings (SSSR count). The van der Waals surface area contributed by atoms with E-state index in [4.69, 9.17) is 29.8 Å². The summed E-state index contributed by atoms with van der Waals surface area (Å²) in [6.45, 7) is 3.00. The molecule has 5 atom stereocenters. The molecule has 0 bridgehead atoms. The van der Waals surface area contributed by atoms with Gasteiger partial charge in [-0.15, -0.1) is 0 Å². The number of nitrogens with one attached hydrogen (secondary N) is 1. The number of ether oxygens (including phenoxy) is 4. The van der Waals surface area contributed by atoms with Crippen molar-refractivity contribution in [1.82, 2.24) is 5.32 Å². The molecule has 12 nitrogen and oxygen atoms in total. The van der Waals surface area contributed by atoms with Crippen LogP contribution in [-0.4, -0.2) is 78.5 Å². The number of esters is 3. The first kappa shape index (κ1) is 23.3. The highest BCUT2D eigenvalue weighted by Gasteiger charge is 2.46. The minimum atomic E-state index is -1.42. The Labute approximate surface area is 160 Å². The predicted octanol–water partition coefficient (Wildman–Crippen LogP) is -1.90. The number of carbonyl (C=O) groups excluding carboxylic acids is 4. The molecule has 1 amide bonds. The van der Waals surface area contributed by atoms with E-state index >= 15 is 0 Å². The van der Waals surface area contributed by atoms with E-state index in [-0.39, 0.29) is 13.2 Å². The number of carboxylic acid groups (broad SMARTS) is 1. The average molecular weight is 404 g/mol. The van der Waals surface area contributed by atoms with Gasteiger partial charge in [0.15, 0.2) is 12.2 Å². The molecule has 0 aromatic carbocycles. The molecular formula is C16H24N2O10. The van der Waals surface area contributed by atoms with Crippen LogP contribution in [0.3, 0.4) is 0 Å². The fraction of sp³-hybridized carbons (Fsp3) is 0.688. The lowest BCUT2D eigenvalue weighted by Gasteiger charge is -2.41. The van der Waals surface area contributed by atoms with Gasteiger partial charge < -0.3 is 35.1 Å². The second-order valence-electron chi connectivity index (χ2n) is 6.15. The Balaban J connectivity index is 2.98. The topological polar surface area (TPSA) is 181 Å². The summed E-state index contributed by atoms with van der Waals surface area (Å²) in [5.41, 5.74) is 5.33. The molecule has 4 N–H and O–H groups in total. The highest BCUT2D eigenvalue weighted by molar-refractivity contribution is 5.84. The lowest BCUT2D eigenvalue weighted by molar-refractivity contribution is -0.207. The zero-order valence-electron chi connectivity index (χ0n) is 15.7. The molecule has 0 aromatic rings. The van der Waals surface area contributed by atoms with E-state index in [1.54, 1.807) is 0 Å². The number of carboxylic acids is 1. The predicted molar refractivity (Wildman–Crippen MR) is 89.6 cm³/mol. The van der Waals surface area contributed by atoms with Gasteiger partial charge in [0.05, 0.1) is 19.1 Å². The Bertz CT molecular complexity index is 623. The van der Waals surface area contributed by atoms with Crippen LogP contribution in [0, 0.1) is 0 Å². The maximum absolute atomic E-state index is 12.1. The summed E-state index contributed by atoms with van der Waals surface area (Å²) >= 11 is 0. The van der Waals surface area contributed by atoms with E-state index in [9.17, 15) is 24.0 Å².